The Morgan fingerprint density at radius 1 is 0.903 bits per heavy atom. The molecule has 0 heterocycles. The first-order chi connectivity index (χ1) is 14.8. The number of ether oxygens (including phenoxy) is 3. The fourth-order valence-electron chi connectivity index (χ4n) is 1.91. The van der Waals surface area contributed by atoms with Gasteiger partial charge in [0.05, 0.1) is 37.5 Å². The van der Waals surface area contributed by atoms with Crippen LogP contribution in [0.4, 0.5) is 0 Å². The molecule has 0 amide bonds. The number of halogens is 3. The quantitative estimate of drug-likeness (QED) is 0.341. The van der Waals surface area contributed by atoms with Crippen molar-refractivity contribution in [3.63, 3.8) is 0 Å². The highest BCUT2D eigenvalue weighted by Gasteiger charge is 2.11. The number of rotatable bonds is 8. The van der Waals surface area contributed by atoms with Crippen LogP contribution in [0.5, 0.6) is 23.0 Å². The molecule has 0 radical (unpaired) electrons. The van der Waals surface area contributed by atoms with E-state index in [0.717, 1.165) is 0 Å². The molecule has 0 aliphatic heterocycles. The minimum atomic E-state index is -0.148. The van der Waals surface area contributed by atoms with Gasteiger partial charge in [-0.25, -0.2) is 0 Å². The highest BCUT2D eigenvalue weighted by molar-refractivity contribution is 9.09. The van der Waals surface area contributed by atoms with Gasteiger partial charge in [0.2, 0.25) is 0 Å². The topological polar surface area (TPSA) is 123 Å². The summed E-state index contributed by atoms with van der Waals surface area (Å²) in [6.07, 6.45) is 1.30. The number of phenols is 1. The van der Waals surface area contributed by atoms with E-state index < -0.39 is 0 Å². The van der Waals surface area contributed by atoms with Crippen molar-refractivity contribution in [3.05, 3.63) is 45.4 Å². The van der Waals surface area contributed by atoms with Gasteiger partial charge in [-0.15, -0.1) is 0 Å². The lowest BCUT2D eigenvalue weighted by molar-refractivity contribution is 0.111. The number of benzene rings is 2. The lowest BCUT2D eigenvalue weighted by atomic mass is 10.2. The van der Waals surface area contributed by atoms with Crippen molar-refractivity contribution in [2.45, 2.75) is 0 Å². The second-order valence-electron chi connectivity index (χ2n) is 5.31. The molecule has 8 nitrogen and oxygen atoms in total. The zero-order chi connectivity index (χ0) is 23.8. The smallest absolute Gasteiger partial charge is 0.179 e. The molecule has 2 aromatic carbocycles. The van der Waals surface area contributed by atoms with E-state index in [-0.39, 0.29) is 41.4 Å². The fourth-order valence-corrected chi connectivity index (χ4v) is 2.41. The van der Waals surface area contributed by atoms with Crippen LogP contribution in [0.1, 0.15) is 20.7 Å². The van der Waals surface area contributed by atoms with Crippen molar-refractivity contribution in [2.75, 3.05) is 39.4 Å². The van der Waals surface area contributed by atoms with Gasteiger partial charge in [0.1, 0.15) is 19.2 Å². The number of hydrogen-bond donors (Lipinski definition) is 3. The second-order valence-corrected chi connectivity index (χ2v) is 6.92. The highest BCUT2D eigenvalue weighted by atomic mass is 79.9. The van der Waals surface area contributed by atoms with Gasteiger partial charge < -0.3 is 29.5 Å². The normalized spacial score (nSPS) is 9.39. The van der Waals surface area contributed by atoms with Gasteiger partial charge in [0, 0.05) is 16.5 Å². The number of aldehydes is 2. The van der Waals surface area contributed by atoms with Gasteiger partial charge in [0.25, 0.3) is 0 Å². The number of methoxy groups -OCH3 is 2. The number of carbonyl (C=O) groups excluding carboxylic acids is 2. The van der Waals surface area contributed by atoms with Crippen molar-refractivity contribution >= 4 is 51.7 Å². The van der Waals surface area contributed by atoms with Crippen LogP contribution in [0.3, 0.4) is 0 Å². The predicted octanol–water partition coefficient (Wildman–Crippen LogP) is 3.77. The Balaban J connectivity index is 0.000000504. The van der Waals surface area contributed by atoms with Crippen molar-refractivity contribution < 1.29 is 39.1 Å². The van der Waals surface area contributed by atoms with Crippen LogP contribution in [-0.4, -0.2) is 67.3 Å². The van der Waals surface area contributed by atoms with Crippen molar-refractivity contribution in [2.24, 2.45) is 0 Å². The van der Waals surface area contributed by atoms with Crippen molar-refractivity contribution in [3.8, 4) is 23.0 Å². The Labute approximate surface area is 198 Å². The summed E-state index contributed by atoms with van der Waals surface area (Å²) in [6, 6.07) is 5.77. The van der Waals surface area contributed by atoms with E-state index in [1.54, 1.807) is 0 Å². The van der Waals surface area contributed by atoms with Crippen LogP contribution in [0.15, 0.2) is 24.3 Å². The van der Waals surface area contributed by atoms with Crippen LogP contribution in [-0.2, 0) is 0 Å². The Kier molecular flexibility index (Phi) is 15.5. The van der Waals surface area contributed by atoms with Crippen molar-refractivity contribution in [1.82, 2.24) is 0 Å². The number of hydrogen-bond acceptors (Lipinski definition) is 8. The average molecular weight is 542 g/mol. The molecule has 0 saturated heterocycles. The molecule has 0 saturated carbocycles. The Bertz CT molecular complexity index is 831. The molecule has 172 valence electrons. The minimum Gasteiger partial charge on any atom is -0.503 e. The third kappa shape index (κ3) is 10.2. The summed E-state index contributed by atoms with van der Waals surface area (Å²) in [4.78, 5) is 20.9. The van der Waals surface area contributed by atoms with Crippen LogP contribution in [0.25, 0.3) is 0 Å². The number of aliphatic hydroxyl groups is 2. The molecule has 0 aliphatic rings. The van der Waals surface area contributed by atoms with Gasteiger partial charge in [0.15, 0.2) is 23.0 Å². The number of alkyl halides is 1. The molecule has 3 N–H and O–H groups in total. The molecular weight excluding hydrogens is 519 g/mol. The van der Waals surface area contributed by atoms with Crippen LogP contribution in [0, 0.1) is 0 Å². The number of carbonyl (C=O) groups is 2. The summed E-state index contributed by atoms with van der Waals surface area (Å²) in [5.74, 6) is 0.756. The van der Waals surface area contributed by atoms with Crippen molar-refractivity contribution in [1.29, 1.82) is 0 Å². The third-order valence-corrected chi connectivity index (χ3v) is 4.14. The SMILES string of the molecule is COc1cc(C=O)cc(Cl)c1O.COc1cc(C=O)cc(Cl)c1OCCO.OCCBr. The first-order valence-electron chi connectivity index (χ1n) is 8.58. The summed E-state index contributed by atoms with van der Waals surface area (Å²) in [5, 5.41) is 26.8. The van der Waals surface area contributed by atoms with E-state index in [1.165, 1.54) is 38.5 Å². The minimum absolute atomic E-state index is 0.108. The first-order valence-corrected chi connectivity index (χ1v) is 10.5. The molecule has 0 unspecified atom stereocenters. The van der Waals surface area contributed by atoms with E-state index in [4.69, 9.17) is 47.6 Å². The predicted molar refractivity (Wildman–Crippen MR) is 122 cm³/mol. The summed E-state index contributed by atoms with van der Waals surface area (Å²) in [7, 11) is 2.84. The molecule has 0 bridgehead atoms. The highest BCUT2D eigenvalue weighted by Crippen LogP contribution is 2.36. The zero-order valence-electron chi connectivity index (χ0n) is 16.8. The maximum atomic E-state index is 10.6. The number of aliphatic hydroxyl groups excluding tert-OH is 2. The molecular formula is C20H23BrCl2O8. The second kappa shape index (κ2) is 16.6. The van der Waals surface area contributed by atoms with Gasteiger partial charge >= 0.3 is 0 Å². The molecule has 0 fully saturated rings. The van der Waals surface area contributed by atoms with Gasteiger partial charge in [-0.3, -0.25) is 9.59 Å². The first kappa shape index (κ1) is 29.0. The van der Waals surface area contributed by atoms with Crippen LogP contribution < -0.4 is 14.2 Å². The average Bonchev–Trinajstić information content (AvgIpc) is 2.79. The Hall–Kier alpha value is -2.04. The lowest BCUT2D eigenvalue weighted by Gasteiger charge is -2.11. The monoisotopic (exact) mass is 540 g/mol. The van der Waals surface area contributed by atoms with Gasteiger partial charge in [-0.2, -0.15) is 0 Å². The van der Waals surface area contributed by atoms with Gasteiger partial charge in [-0.05, 0) is 24.3 Å². The summed E-state index contributed by atoms with van der Waals surface area (Å²) in [5.41, 5.74) is 0.780. The van der Waals surface area contributed by atoms with Gasteiger partial charge in [-0.1, -0.05) is 39.1 Å². The molecule has 0 spiro atoms. The summed E-state index contributed by atoms with van der Waals surface area (Å²) < 4.78 is 15.0. The van der Waals surface area contributed by atoms with E-state index in [1.807, 2.05) is 0 Å². The molecule has 0 atom stereocenters. The number of aromatic hydroxyl groups is 1. The van der Waals surface area contributed by atoms with E-state index in [9.17, 15) is 14.7 Å². The standard InChI is InChI=1S/C10H11ClO4.C8H7ClO3.C2H5BrO/c1-14-9-5-7(6-13)4-8(11)10(9)15-3-2-12;1-12-7-3-5(4-10)2-6(9)8(7)11;3-1-2-4/h4-6,12H,2-3H2,1H3;2-4,11H,1H3;4H,1-2H2. The van der Waals surface area contributed by atoms with Crippen LogP contribution in [0.2, 0.25) is 10.0 Å². The van der Waals surface area contributed by atoms with E-state index in [0.29, 0.717) is 40.5 Å². The number of phenolic OH excluding ortho intramolecular Hbond substituents is 1. The maximum Gasteiger partial charge on any atom is 0.179 e. The fraction of sp³-hybridized carbons (Fsp3) is 0.300. The maximum absolute atomic E-state index is 10.6. The molecule has 0 aromatic heterocycles. The summed E-state index contributed by atoms with van der Waals surface area (Å²) >= 11 is 14.5. The molecule has 2 rings (SSSR count). The van der Waals surface area contributed by atoms with E-state index in [2.05, 4.69) is 15.9 Å². The van der Waals surface area contributed by atoms with E-state index >= 15 is 0 Å². The zero-order valence-corrected chi connectivity index (χ0v) is 19.9. The Morgan fingerprint density at radius 3 is 1.81 bits per heavy atom. The largest absolute Gasteiger partial charge is 0.503 e. The lowest BCUT2D eigenvalue weighted by Crippen LogP contribution is -2.04. The molecule has 2 aromatic rings. The molecule has 11 heteroatoms. The third-order valence-electron chi connectivity index (χ3n) is 3.22. The summed E-state index contributed by atoms with van der Waals surface area (Å²) in [6.45, 7) is 0.241. The molecule has 0 aliphatic carbocycles. The molecule has 31 heavy (non-hydrogen) atoms. The Morgan fingerprint density at radius 2 is 1.39 bits per heavy atom. The van der Waals surface area contributed by atoms with Crippen LogP contribution >= 0.6 is 39.1 Å².